The Hall–Kier alpha value is -1.97. The third-order valence-electron chi connectivity index (χ3n) is 3.84. The van der Waals surface area contributed by atoms with Crippen LogP contribution in [0.5, 0.6) is 0 Å². The number of aryl methyl sites for hydroxylation is 1. The minimum atomic E-state index is 0.0768. The lowest BCUT2D eigenvalue weighted by Gasteiger charge is -2.33. The summed E-state index contributed by atoms with van der Waals surface area (Å²) in [6.07, 6.45) is 1.77. The molecule has 0 radical (unpaired) electrons. The van der Waals surface area contributed by atoms with Gasteiger partial charge in [0.1, 0.15) is 0 Å². The number of benzene rings is 1. The number of amides is 1. The van der Waals surface area contributed by atoms with Gasteiger partial charge in [-0.3, -0.25) is 4.79 Å². The van der Waals surface area contributed by atoms with E-state index in [1.54, 1.807) is 7.05 Å². The van der Waals surface area contributed by atoms with Gasteiger partial charge in [-0.1, -0.05) is 24.3 Å². The number of hydrogen-bond acceptors (Lipinski definition) is 3. The molecule has 1 aliphatic rings. The average Bonchev–Trinajstić information content (AvgIpc) is 2.48. The van der Waals surface area contributed by atoms with E-state index < -0.39 is 0 Å². The first-order chi connectivity index (χ1) is 9.60. The molecular formula is C16H23N3O. The number of hydrogen-bond donors (Lipinski definition) is 2. The second-order valence-corrected chi connectivity index (χ2v) is 5.31. The van der Waals surface area contributed by atoms with Crippen molar-refractivity contribution in [1.82, 2.24) is 10.6 Å². The minimum absolute atomic E-state index is 0.0768. The van der Waals surface area contributed by atoms with Crippen molar-refractivity contribution in [2.45, 2.75) is 19.8 Å². The van der Waals surface area contributed by atoms with Gasteiger partial charge in [0.25, 0.3) is 0 Å². The van der Waals surface area contributed by atoms with Gasteiger partial charge in [-0.15, -0.1) is 0 Å². The summed E-state index contributed by atoms with van der Waals surface area (Å²) in [5, 5.41) is 5.64. The molecule has 0 spiro atoms. The molecule has 1 aromatic rings. The molecule has 108 valence electrons. The van der Waals surface area contributed by atoms with E-state index in [1.807, 2.05) is 0 Å². The lowest BCUT2D eigenvalue weighted by molar-refractivity contribution is -0.124. The summed E-state index contributed by atoms with van der Waals surface area (Å²) in [5.41, 5.74) is 2.52. The second kappa shape index (κ2) is 6.46. The largest absolute Gasteiger partial charge is 0.375 e. The third kappa shape index (κ3) is 3.53. The van der Waals surface area contributed by atoms with E-state index >= 15 is 0 Å². The van der Waals surface area contributed by atoms with Crippen LogP contribution in [-0.4, -0.2) is 26.0 Å². The van der Waals surface area contributed by atoms with E-state index in [-0.39, 0.29) is 11.8 Å². The first kappa shape index (κ1) is 14.4. The van der Waals surface area contributed by atoms with E-state index in [4.69, 9.17) is 0 Å². The lowest BCUT2D eigenvalue weighted by atomic mass is 9.95. The molecule has 0 bridgehead atoms. The summed E-state index contributed by atoms with van der Waals surface area (Å²) in [6, 6.07) is 8.56. The number of rotatable bonds is 4. The van der Waals surface area contributed by atoms with E-state index in [2.05, 4.69) is 53.3 Å². The van der Waals surface area contributed by atoms with E-state index in [9.17, 15) is 4.79 Å². The molecule has 2 N–H and O–H groups in total. The van der Waals surface area contributed by atoms with E-state index in [1.165, 1.54) is 11.3 Å². The smallest absolute Gasteiger partial charge is 0.228 e. The highest BCUT2D eigenvalue weighted by Crippen LogP contribution is 2.23. The summed E-state index contributed by atoms with van der Waals surface area (Å²) in [4.78, 5) is 14.4. The van der Waals surface area contributed by atoms with Crippen molar-refractivity contribution in [2.24, 2.45) is 5.92 Å². The van der Waals surface area contributed by atoms with Crippen LogP contribution >= 0.6 is 0 Å². The zero-order valence-electron chi connectivity index (χ0n) is 12.3. The second-order valence-electron chi connectivity index (χ2n) is 5.31. The molecule has 0 aliphatic carbocycles. The van der Waals surface area contributed by atoms with Crippen LogP contribution in [0.2, 0.25) is 0 Å². The Balaban J connectivity index is 1.87. The van der Waals surface area contributed by atoms with Crippen molar-refractivity contribution in [3.63, 3.8) is 0 Å². The maximum absolute atomic E-state index is 12.0. The summed E-state index contributed by atoms with van der Waals surface area (Å²) >= 11 is 0. The molecule has 0 aromatic heterocycles. The molecule has 0 unspecified atom stereocenters. The summed E-state index contributed by atoms with van der Waals surface area (Å²) < 4.78 is 0. The molecule has 1 aliphatic heterocycles. The van der Waals surface area contributed by atoms with E-state index in [0.717, 1.165) is 25.9 Å². The highest BCUT2D eigenvalue weighted by molar-refractivity contribution is 5.80. The molecule has 1 amide bonds. The molecular weight excluding hydrogens is 250 g/mol. The quantitative estimate of drug-likeness (QED) is 0.882. The van der Waals surface area contributed by atoms with Crippen molar-refractivity contribution >= 4 is 11.6 Å². The van der Waals surface area contributed by atoms with Crippen molar-refractivity contribution in [1.29, 1.82) is 0 Å². The standard InChI is InChI=1S/C16H23N3O/c1-12-4-6-15(7-5-12)19-10-8-14(9-11-19)16(20)18-13(2)17-3/h4-7,14,17H,2,8-11H2,1,3H3,(H,18,20). The summed E-state index contributed by atoms with van der Waals surface area (Å²) in [7, 11) is 1.75. The summed E-state index contributed by atoms with van der Waals surface area (Å²) in [6.45, 7) is 7.67. The molecule has 1 fully saturated rings. The number of anilines is 1. The number of carbonyl (C=O) groups is 1. The van der Waals surface area contributed by atoms with Gasteiger partial charge in [0.2, 0.25) is 5.91 Å². The Kier molecular flexibility index (Phi) is 4.66. The van der Waals surface area contributed by atoms with Crippen molar-refractivity contribution in [3.05, 3.63) is 42.2 Å². The highest BCUT2D eigenvalue weighted by Gasteiger charge is 2.25. The third-order valence-corrected chi connectivity index (χ3v) is 3.84. The number of carbonyl (C=O) groups excluding carboxylic acids is 1. The van der Waals surface area contributed by atoms with Crippen LogP contribution in [0, 0.1) is 12.8 Å². The van der Waals surface area contributed by atoms with Gasteiger partial charge in [0, 0.05) is 31.7 Å². The fourth-order valence-electron chi connectivity index (χ4n) is 2.47. The van der Waals surface area contributed by atoms with E-state index in [0.29, 0.717) is 5.82 Å². The Morgan fingerprint density at radius 2 is 1.85 bits per heavy atom. The molecule has 1 heterocycles. The first-order valence-electron chi connectivity index (χ1n) is 7.09. The van der Waals surface area contributed by atoms with Gasteiger partial charge >= 0.3 is 0 Å². The zero-order valence-corrected chi connectivity index (χ0v) is 12.3. The van der Waals surface area contributed by atoms with Gasteiger partial charge in [-0.2, -0.15) is 0 Å². The van der Waals surface area contributed by atoms with Crippen molar-refractivity contribution < 1.29 is 4.79 Å². The fraction of sp³-hybridized carbons (Fsp3) is 0.438. The van der Waals surface area contributed by atoms with Crippen LogP contribution in [0.15, 0.2) is 36.7 Å². The Labute approximate surface area is 120 Å². The maximum atomic E-state index is 12.0. The lowest BCUT2D eigenvalue weighted by Crippen LogP contribution is -2.41. The van der Waals surface area contributed by atoms with Crippen LogP contribution in [0.3, 0.4) is 0 Å². The van der Waals surface area contributed by atoms with Crippen LogP contribution in [0.1, 0.15) is 18.4 Å². The number of nitrogens with zero attached hydrogens (tertiary/aromatic N) is 1. The topological polar surface area (TPSA) is 44.4 Å². The maximum Gasteiger partial charge on any atom is 0.228 e. The molecule has 4 nitrogen and oxygen atoms in total. The Bertz CT molecular complexity index is 473. The molecule has 0 saturated carbocycles. The van der Waals surface area contributed by atoms with Gasteiger partial charge < -0.3 is 15.5 Å². The monoisotopic (exact) mass is 273 g/mol. The highest BCUT2D eigenvalue weighted by atomic mass is 16.2. The Morgan fingerprint density at radius 1 is 1.25 bits per heavy atom. The van der Waals surface area contributed by atoms with Gasteiger partial charge in [0.15, 0.2) is 0 Å². The number of nitrogens with one attached hydrogen (secondary N) is 2. The van der Waals surface area contributed by atoms with Crippen LogP contribution in [0.4, 0.5) is 5.69 Å². The Morgan fingerprint density at radius 3 is 2.40 bits per heavy atom. The van der Waals surface area contributed by atoms with Gasteiger partial charge in [0.05, 0.1) is 5.82 Å². The van der Waals surface area contributed by atoms with Crippen LogP contribution < -0.4 is 15.5 Å². The SMILES string of the molecule is C=C(NC)NC(=O)C1CCN(c2ccc(C)cc2)CC1. The molecule has 1 saturated heterocycles. The molecule has 0 atom stereocenters. The van der Waals surface area contributed by atoms with Crippen LogP contribution in [-0.2, 0) is 4.79 Å². The predicted octanol–water partition coefficient (Wildman–Crippen LogP) is 2.02. The van der Waals surface area contributed by atoms with Crippen molar-refractivity contribution in [3.8, 4) is 0 Å². The summed E-state index contributed by atoms with van der Waals surface area (Å²) in [5.74, 6) is 0.727. The van der Waals surface area contributed by atoms with Gasteiger partial charge in [-0.05, 0) is 31.9 Å². The molecule has 2 rings (SSSR count). The average molecular weight is 273 g/mol. The van der Waals surface area contributed by atoms with Gasteiger partial charge in [-0.25, -0.2) is 0 Å². The zero-order chi connectivity index (χ0) is 14.5. The predicted molar refractivity (Wildman–Crippen MR) is 82.5 cm³/mol. The first-order valence-corrected chi connectivity index (χ1v) is 7.09. The number of piperidine rings is 1. The molecule has 1 aromatic carbocycles. The minimum Gasteiger partial charge on any atom is -0.375 e. The normalized spacial score (nSPS) is 15.8. The van der Waals surface area contributed by atoms with Crippen molar-refractivity contribution in [2.75, 3.05) is 25.0 Å². The molecule has 20 heavy (non-hydrogen) atoms. The fourth-order valence-corrected chi connectivity index (χ4v) is 2.47. The van der Waals surface area contributed by atoms with Crippen LogP contribution in [0.25, 0.3) is 0 Å². The molecule has 4 heteroatoms.